The summed E-state index contributed by atoms with van der Waals surface area (Å²) in [5.41, 5.74) is 6.06. The molecule has 7 nitrogen and oxygen atoms in total. The van der Waals surface area contributed by atoms with Crippen molar-refractivity contribution in [2.45, 2.75) is 39.2 Å². The lowest BCUT2D eigenvalue weighted by Gasteiger charge is -2.22. The zero-order chi connectivity index (χ0) is 15.8. The minimum Gasteiger partial charge on any atom is -0.506 e. The van der Waals surface area contributed by atoms with Crippen LogP contribution in [-0.2, 0) is 23.8 Å². The molecule has 1 heterocycles. The van der Waals surface area contributed by atoms with Crippen LogP contribution in [0, 0.1) is 0 Å². The zero-order valence-electron chi connectivity index (χ0n) is 12.7. The Morgan fingerprint density at radius 2 is 1.95 bits per heavy atom. The van der Waals surface area contributed by atoms with E-state index in [0.717, 1.165) is 0 Å². The number of ether oxygens (including phenoxy) is 3. The van der Waals surface area contributed by atoms with Crippen molar-refractivity contribution >= 4 is 24.3 Å². The van der Waals surface area contributed by atoms with Gasteiger partial charge in [0.1, 0.15) is 11.5 Å². The van der Waals surface area contributed by atoms with Crippen LogP contribution < -0.4 is 5.73 Å². The third-order valence-electron chi connectivity index (χ3n) is 2.84. The molecule has 1 rings (SSSR count). The second-order valence-electron chi connectivity index (χ2n) is 4.37. The first kappa shape index (κ1) is 20.1. The number of allylic oxidation sites excluding steroid dienone is 1. The molecular formula is C14H22ClNO6. The molecule has 126 valence electrons. The molecule has 22 heavy (non-hydrogen) atoms. The maximum atomic E-state index is 11.6. The van der Waals surface area contributed by atoms with Crippen molar-refractivity contribution in [1.29, 1.82) is 0 Å². The summed E-state index contributed by atoms with van der Waals surface area (Å²) in [6.45, 7) is 3.93. The highest BCUT2D eigenvalue weighted by molar-refractivity contribution is 5.85. The molecule has 0 aromatic rings. The fourth-order valence-electron chi connectivity index (χ4n) is 1.82. The van der Waals surface area contributed by atoms with E-state index >= 15 is 0 Å². The first-order valence-electron chi connectivity index (χ1n) is 6.86. The van der Waals surface area contributed by atoms with Gasteiger partial charge in [0.25, 0.3) is 0 Å². The van der Waals surface area contributed by atoms with Crippen molar-refractivity contribution in [3.05, 3.63) is 23.3 Å². The molecule has 0 bridgehead atoms. The van der Waals surface area contributed by atoms with Gasteiger partial charge in [-0.1, -0.05) is 0 Å². The third kappa shape index (κ3) is 5.48. The van der Waals surface area contributed by atoms with Gasteiger partial charge < -0.3 is 25.1 Å². The number of aliphatic hydroxyl groups excluding tert-OH is 1. The molecule has 1 aliphatic rings. The third-order valence-corrected chi connectivity index (χ3v) is 2.84. The molecule has 0 aromatic heterocycles. The molecule has 0 spiro atoms. The summed E-state index contributed by atoms with van der Waals surface area (Å²) in [5, 5.41) is 9.98. The Labute approximate surface area is 135 Å². The number of rotatable bonds is 7. The average molecular weight is 336 g/mol. The Morgan fingerprint density at radius 1 is 1.32 bits per heavy atom. The number of carbonyl (C=O) groups is 2. The van der Waals surface area contributed by atoms with E-state index in [0.29, 0.717) is 25.0 Å². The van der Waals surface area contributed by atoms with E-state index in [1.54, 1.807) is 13.8 Å². The standard InChI is InChI=1S/C14H21NO6.ClH/c1-3-19-10(16)7-5-6-9-8-21-13(11(15)12(9)17)14(18)20-4-2;/h8,13,17H,3-7,15H2,1-2H3;1H. The minimum absolute atomic E-state index is 0. The molecule has 8 heteroatoms. The van der Waals surface area contributed by atoms with Gasteiger partial charge in [0.15, 0.2) is 0 Å². The zero-order valence-corrected chi connectivity index (χ0v) is 13.5. The highest BCUT2D eigenvalue weighted by Gasteiger charge is 2.31. The van der Waals surface area contributed by atoms with Gasteiger partial charge in [-0.25, -0.2) is 4.79 Å². The highest BCUT2D eigenvalue weighted by Crippen LogP contribution is 2.25. The first-order chi connectivity index (χ1) is 10.0. The van der Waals surface area contributed by atoms with Crippen LogP contribution in [0.15, 0.2) is 23.3 Å². The molecule has 0 fully saturated rings. The van der Waals surface area contributed by atoms with Crippen LogP contribution in [0.4, 0.5) is 0 Å². The van der Waals surface area contributed by atoms with E-state index in [1.165, 1.54) is 6.26 Å². The Bertz CT molecular complexity index is 460. The Hall–Kier alpha value is -1.89. The summed E-state index contributed by atoms with van der Waals surface area (Å²) in [6.07, 6.45) is 1.26. The van der Waals surface area contributed by atoms with Gasteiger partial charge in [-0.3, -0.25) is 4.79 Å². The molecule has 0 aromatic carbocycles. The van der Waals surface area contributed by atoms with E-state index in [1.807, 2.05) is 0 Å². The smallest absolute Gasteiger partial charge is 0.353 e. The van der Waals surface area contributed by atoms with Crippen LogP contribution in [-0.4, -0.2) is 36.4 Å². The van der Waals surface area contributed by atoms with E-state index in [9.17, 15) is 14.7 Å². The van der Waals surface area contributed by atoms with Crippen molar-refractivity contribution < 1.29 is 28.9 Å². The van der Waals surface area contributed by atoms with Crippen LogP contribution in [0.2, 0.25) is 0 Å². The van der Waals surface area contributed by atoms with Crippen molar-refractivity contribution in [3.63, 3.8) is 0 Å². The molecule has 0 saturated carbocycles. The van der Waals surface area contributed by atoms with Crippen molar-refractivity contribution in [3.8, 4) is 0 Å². The van der Waals surface area contributed by atoms with Crippen molar-refractivity contribution in [2.75, 3.05) is 13.2 Å². The monoisotopic (exact) mass is 335 g/mol. The number of hydrogen-bond acceptors (Lipinski definition) is 7. The lowest BCUT2D eigenvalue weighted by atomic mass is 10.0. The largest absolute Gasteiger partial charge is 0.506 e. The van der Waals surface area contributed by atoms with Gasteiger partial charge in [-0.05, 0) is 26.7 Å². The molecule has 0 aliphatic carbocycles. The molecule has 0 radical (unpaired) electrons. The van der Waals surface area contributed by atoms with Gasteiger partial charge in [0, 0.05) is 12.0 Å². The van der Waals surface area contributed by atoms with E-state index in [4.69, 9.17) is 19.9 Å². The maximum absolute atomic E-state index is 11.6. The Kier molecular flexibility index (Phi) is 9.09. The van der Waals surface area contributed by atoms with Crippen molar-refractivity contribution in [1.82, 2.24) is 0 Å². The molecule has 1 atom stereocenters. The van der Waals surface area contributed by atoms with Crippen LogP contribution >= 0.6 is 12.4 Å². The minimum atomic E-state index is -1.13. The van der Waals surface area contributed by atoms with Gasteiger partial charge in [0.2, 0.25) is 6.10 Å². The predicted molar refractivity (Wildman–Crippen MR) is 81.2 cm³/mol. The summed E-state index contributed by atoms with van der Waals surface area (Å²) in [6, 6.07) is 0. The number of halogens is 1. The summed E-state index contributed by atoms with van der Waals surface area (Å²) >= 11 is 0. The number of carbonyl (C=O) groups excluding carboxylic acids is 2. The maximum Gasteiger partial charge on any atom is 0.353 e. The number of aliphatic hydroxyl groups is 1. The van der Waals surface area contributed by atoms with E-state index < -0.39 is 12.1 Å². The average Bonchev–Trinajstić information content (AvgIpc) is 2.44. The second kappa shape index (κ2) is 9.94. The normalized spacial score (nSPS) is 17.0. The highest BCUT2D eigenvalue weighted by atomic mass is 35.5. The van der Waals surface area contributed by atoms with Crippen molar-refractivity contribution in [2.24, 2.45) is 5.73 Å². The SMILES string of the molecule is CCOC(=O)CCCC1=COC(C(=O)OCC)C(N)=C1O.Cl. The Morgan fingerprint density at radius 3 is 2.55 bits per heavy atom. The summed E-state index contributed by atoms with van der Waals surface area (Å²) in [7, 11) is 0. The molecular weight excluding hydrogens is 314 g/mol. The fraction of sp³-hybridized carbons (Fsp3) is 0.571. The lowest BCUT2D eigenvalue weighted by molar-refractivity contribution is -0.151. The van der Waals surface area contributed by atoms with Crippen LogP contribution in [0.25, 0.3) is 0 Å². The van der Waals surface area contributed by atoms with Gasteiger partial charge in [-0.15, -0.1) is 12.4 Å². The fourth-order valence-corrected chi connectivity index (χ4v) is 1.82. The van der Waals surface area contributed by atoms with Gasteiger partial charge in [0.05, 0.1) is 19.5 Å². The summed E-state index contributed by atoms with van der Waals surface area (Å²) in [4.78, 5) is 22.8. The summed E-state index contributed by atoms with van der Waals surface area (Å²) in [5.74, 6) is -1.14. The van der Waals surface area contributed by atoms with E-state index in [-0.39, 0.29) is 42.9 Å². The van der Waals surface area contributed by atoms with E-state index in [2.05, 4.69) is 0 Å². The number of nitrogens with two attached hydrogens (primary N) is 1. The van der Waals surface area contributed by atoms with Gasteiger partial charge >= 0.3 is 11.9 Å². The molecule has 3 N–H and O–H groups in total. The van der Waals surface area contributed by atoms with Crippen LogP contribution in [0.3, 0.4) is 0 Å². The number of hydrogen-bond donors (Lipinski definition) is 2. The number of esters is 2. The predicted octanol–water partition coefficient (Wildman–Crippen LogP) is 1.72. The summed E-state index contributed by atoms with van der Waals surface area (Å²) < 4.78 is 14.8. The molecule has 0 amide bonds. The lowest BCUT2D eigenvalue weighted by Crippen LogP contribution is -2.34. The Balaban J connectivity index is 0.00000441. The molecule has 0 saturated heterocycles. The van der Waals surface area contributed by atoms with Crippen LogP contribution in [0.1, 0.15) is 33.1 Å². The van der Waals surface area contributed by atoms with Gasteiger partial charge in [-0.2, -0.15) is 0 Å². The quantitative estimate of drug-likeness (QED) is 0.682. The molecule has 1 aliphatic heterocycles. The first-order valence-corrected chi connectivity index (χ1v) is 6.86. The van der Waals surface area contributed by atoms with Crippen LogP contribution in [0.5, 0.6) is 0 Å². The molecule has 1 unspecified atom stereocenters. The second-order valence-corrected chi connectivity index (χ2v) is 4.37. The topological polar surface area (TPSA) is 108 Å².